The third-order valence-electron chi connectivity index (χ3n) is 5.06. The highest BCUT2D eigenvalue weighted by Crippen LogP contribution is 2.24. The molecule has 3 rings (SSSR count). The van der Waals surface area contributed by atoms with Crippen molar-refractivity contribution in [3.63, 3.8) is 0 Å². The van der Waals surface area contributed by atoms with Crippen molar-refractivity contribution in [2.45, 2.75) is 12.5 Å². The summed E-state index contributed by atoms with van der Waals surface area (Å²) >= 11 is 1.06. The molecule has 1 aliphatic heterocycles. The van der Waals surface area contributed by atoms with Crippen LogP contribution >= 0.6 is 11.8 Å². The van der Waals surface area contributed by atoms with Crippen LogP contribution in [-0.2, 0) is 29.0 Å². The molecule has 34 heavy (non-hydrogen) atoms. The van der Waals surface area contributed by atoms with Crippen LogP contribution in [0.15, 0.2) is 54.6 Å². The molecule has 1 heterocycles. The second-order valence-corrected chi connectivity index (χ2v) is 10.8. The summed E-state index contributed by atoms with van der Waals surface area (Å²) in [6, 6.07) is 15.0. The van der Waals surface area contributed by atoms with E-state index in [4.69, 9.17) is 9.47 Å². The molecule has 2 aromatic carbocycles. The van der Waals surface area contributed by atoms with Gasteiger partial charge in [-0.15, -0.1) is 11.8 Å². The van der Waals surface area contributed by atoms with E-state index in [9.17, 15) is 22.8 Å². The number of sulfone groups is 1. The standard InChI is InChI=1S/C23H26N2O7S2/c1-31-20-9-7-17(8-10-20)24-21(26)14-33-15-23(28)32-13-22(27)25(18-5-3-2-4-6-18)19-11-12-34(29,30)16-19/h2-10,19H,11-16H2,1H3,(H,24,26)/t19-/m0/s1. The topological polar surface area (TPSA) is 119 Å². The first-order valence-corrected chi connectivity index (χ1v) is 13.5. The lowest BCUT2D eigenvalue weighted by atomic mass is 10.2. The average Bonchev–Trinajstić information content (AvgIpc) is 3.18. The Balaban J connectivity index is 1.46. The Hall–Kier alpha value is -3.05. The number of nitrogens with one attached hydrogen (secondary N) is 1. The molecule has 1 atom stereocenters. The number of anilines is 2. The second-order valence-electron chi connectivity index (χ2n) is 7.59. The molecule has 0 aromatic heterocycles. The van der Waals surface area contributed by atoms with Gasteiger partial charge in [0.25, 0.3) is 5.91 Å². The largest absolute Gasteiger partial charge is 0.497 e. The van der Waals surface area contributed by atoms with Crippen molar-refractivity contribution in [3.8, 4) is 5.75 Å². The number of carbonyl (C=O) groups excluding carboxylic acids is 3. The molecule has 0 spiro atoms. The second kappa shape index (κ2) is 11.9. The smallest absolute Gasteiger partial charge is 0.316 e. The molecule has 0 bridgehead atoms. The Morgan fingerprint density at radius 3 is 2.38 bits per heavy atom. The SMILES string of the molecule is COc1ccc(NC(=O)CSCC(=O)OCC(=O)N(c2ccccc2)[C@H]2CCS(=O)(=O)C2)cc1. The van der Waals surface area contributed by atoms with Gasteiger partial charge in [0.15, 0.2) is 16.4 Å². The van der Waals surface area contributed by atoms with Crippen molar-refractivity contribution in [2.24, 2.45) is 0 Å². The number of esters is 1. The maximum Gasteiger partial charge on any atom is 0.316 e. The Morgan fingerprint density at radius 2 is 1.76 bits per heavy atom. The first-order chi connectivity index (χ1) is 16.3. The van der Waals surface area contributed by atoms with Crippen LogP contribution in [0.5, 0.6) is 5.75 Å². The zero-order valence-electron chi connectivity index (χ0n) is 18.6. The molecule has 0 saturated carbocycles. The fourth-order valence-electron chi connectivity index (χ4n) is 3.48. The van der Waals surface area contributed by atoms with Crippen LogP contribution in [0.4, 0.5) is 11.4 Å². The molecule has 2 amide bonds. The van der Waals surface area contributed by atoms with Crippen molar-refractivity contribution >= 4 is 50.8 Å². The van der Waals surface area contributed by atoms with Crippen molar-refractivity contribution in [2.75, 3.05) is 46.9 Å². The van der Waals surface area contributed by atoms with Crippen LogP contribution in [0.2, 0.25) is 0 Å². The summed E-state index contributed by atoms with van der Waals surface area (Å²) in [5.74, 6) is -0.921. The van der Waals surface area contributed by atoms with E-state index in [1.807, 2.05) is 0 Å². The Morgan fingerprint density at radius 1 is 1.06 bits per heavy atom. The molecule has 1 aliphatic rings. The van der Waals surface area contributed by atoms with Crippen molar-refractivity contribution in [1.29, 1.82) is 0 Å². The molecule has 182 valence electrons. The van der Waals surface area contributed by atoms with Gasteiger partial charge in [-0.3, -0.25) is 14.4 Å². The number of ether oxygens (including phenoxy) is 2. The van der Waals surface area contributed by atoms with Gasteiger partial charge in [-0.2, -0.15) is 0 Å². The van der Waals surface area contributed by atoms with Gasteiger partial charge in [0.1, 0.15) is 5.75 Å². The molecule has 9 nitrogen and oxygen atoms in total. The minimum Gasteiger partial charge on any atom is -0.497 e. The number of hydrogen-bond acceptors (Lipinski definition) is 8. The Bertz CT molecular complexity index is 1110. The summed E-state index contributed by atoms with van der Waals surface area (Å²) in [5.41, 5.74) is 1.16. The van der Waals surface area contributed by atoms with Crippen LogP contribution in [-0.4, -0.2) is 69.0 Å². The van der Waals surface area contributed by atoms with Crippen LogP contribution < -0.4 is 15.0 Å². The highest BCUT2D eigenvalue weighted by atomic mass is 32.2. The summed E-state index contributed by atoms with van der Waals surface area (Å²) in [7, 11) is -1.66. The van der Waals surface area contributed by atoms with Gasteiger partial charge in [-0.25, -0.2) is 8.42 Å². The predicted octanol–water partition coefficient (Wildman–Crippen LogP) is 2.13. The first kappa shape index (κ1) is 25.6. The lowest BCUT2D eigenvalue weighted by molar-refractivity contribution is -0.145. The molecule has 2 aromatic rings. The van der Waals surface area contributed by atoms with E-state index in [0.717, 1.165) is 11.8 Å². The number of benzene rings is 2. The van der Waals surface area contributed by atoms with E-state index >= 15 is 0 Å². The molecular formula is C23H26N2O7S2. The fraction of sp³-hybridized carbons (Fsp3) is 0.348. The highest BCUT2D eigenvalue weighted by molar-refractivity contribution is 8.00. The maximum absolute atomic E-state index is 12.9. The Kier molecular flexibility index (Phi) is 8.94. The summed E-state index contributed by atoms with van der Waals surface area (Å²) in [6.45, 7) is -0.511. The molecule has 1 saturated heterocycles. The van der Waals surface area contributed by atoms with E-state index in [-0.39, 0.29) is 28.9 Å². The van der Waals surface area contributed by atoms with Gasteiger partial charge >= 0.3 is 5.97 Å². The number of thioether (sulfide) groups is 1. The van der Waals surface area contributed by atoms with E-state index in [2.05, 4.69) is 5.32 Å². The number of methoxy groups -OCH3 is 1. The molecule has 1 fully saturated rings. The third-order valence-corrected chi connectivity index (χ3v) is 7.72. The number of hydrogen-bond donors (Lipinski definition) is 1. The van der Waals surface area contributed by atoms with Crippen molar-refractivity contribution in [1.82, 2.24) is 0 Å². The van der Waals surface area contributed by atoms with E-state index in [1.165, 1.54) is 4.90 Å². The minimum absolute atomic E-state index is 0.0172. The predicted molar refractivity (Wildman–Crippen MR) is 131 cm³/mol. The van der Waals surface area contributed by atoms with Crippen LogP contribution in [0, 0.1) is 0 Å². The number of amides is 2. The number of carbonyl (C=O) groups is 3. The van der Waals surface area contributed by atoms with E-state index < -0.39 is 34.4 Å². The summed E-state index contributed by atoms with van der Waals surface area (Å²) in [6.07, 6.45) is 0.329. The van der Waals surface area contributed by atoms with Crippen LogP contribution in [0.3, 0.4) is 0 Å². The number of para-hydroxylation sites is 1. The zero-order valence-corrected chi connectivity index (χ0v) is 20.3. The molecule has 0 radical (unpaired) electrons. The van der Waals surface area contributed by atoms with Gasteiger partial charge in [0.05, 0.1) is 36.2 Å². The van der Waals surface area contributed by atoms with Gasteiger partial charge in [0.2, 0.25) is 5.91 Å². The van der Waals surface area contributed by atoms with Crippen molar-refractivity contribution < 1.29 is 32.3 Å². The lowest BCUT2D eigenvalue weighted by Gasteiger charge is -2.28. The minimum atomic E-state index is -3.21. The van der Waals surface area contributed by atoms with E-state index in [1.54, 1.807) is 61.7 Å². The van der Waals surface area contributed by atoms with Crippen LogP contribution in [0.1, 0.15) is 6.42 Å². The van der Waals surface area contributed by atoms with Gasteiger partial charge in [-0.1, -0.05) is 18.2 Å². The maximum atomic E-state index is 12.9. The first-order valence-electron chi connectivity index (χ1n) is 10.5. The van der Waals surface area contributed by atoms with Gasteiger partial charge < -0.3 is 19.7 Å². The highest BCUT2D eigenvalue weighted by Gasteiger charge is 2.35. The average molecular weight is 507 g/mol. The fourth-order valence-corrected chi connectivity index (χ4v) is 5.79. The van der Waals surface area contributed by atoms with Crippen LogP contribution in [0.25, 0.3) is 0 Å². The summed E-state index contributed by atoms with van der Waals surface area (Å²) < 4.78 is 34.0. The molecule has 0 unspecified atom stereocenters. The van der Waals surface area contributed by atoms with Gasteiger partial charge in [-0.05, 0) is 42.8 Å². The summed E-state index contributed by atoms with van der Waals surface area (Å²) in [4.78, 5) is 38.4. The van der Waals surface area contributed by atoms with Crippen molar-refractivity contribution in [3.05, 3.63) is 54.6 Å². The summed E-state index contributed by atoms with van der Waals surface area (Å²) in [5, 5.41) is 2.71. The normalized spacial score (nSPS) is 16.4. The number of nitrogens with zero attached hydrogens (tertiary/aromatic N) is 1. The molecule has 0 aliphatic carbocycles. The Labute approximate surface area is 202 Å². The zero-order chi connectivity index (χ0) is 24.6. The van der Waals surface area contributed by atoms with E-state index in [0.29, 0.717) is 23.5 Å². The monoisotopic (exact) mass is 506 g/mol. The third kappa shape index (κ3) is 7.49. The lowest BCUT2D eigenvalue weighted by Crippen LogP contribution is -2.43. The quantitative estimate of drug-likeness (QED) is 0.487. The molecule has 11 heteroatoms. The molecular weight excluding hydrogens is 480 g/mol. The number of rotatable bonds is 10. The van der Waals surface area contributed by atoms with Gasteiger partial charge in [0, 0.05) is 11.4 Å². The molecule has 1 N–H and O–H groups in total.